The number of fused-ring (bicyclic) bond motifs is 1. The van der Waals surface area contributed by atoms with E-state index in [9.17, 15) is 4.79 Å². The van der Waals surface area contributed by atoms with Gasteiger partial charge in [0.25, 0.3) is 5.91 Å². The maximum absolute atomic E-state index is 13.2. The lowest BCUT2D eigenvalue weighted by atomic mass is 10.1. The maximum Gasteiger partial charge on any atom is 0.260 e. The van der Waals surface area contributed by atoms with Crippen LogP contribution in [0.5, 0.6) is 0 Å². The molecule has 0 spiro atoms. The van der Waals surface area contributed by atoms with Crippen LogP contribution < -0.4 is 10.2 Å². The van der Waals surface area contributed by atoms with Crippen LogP contribution >= 0.6 is 0 Å². The Balaban J connectivity index is 1.81. The highest BCUT2D eigenvalue weighted by molar-refractivity contribution is 6.15. The quantitative estimate of drug-likeness (QED) is 0.748. The number of aryl methyl sites for hydroxylation is 3. The van der Waals surface area contributed by atoms with E-state index in [1.165, 1.54) is 0 Å². The number of anilines is 2. The molecule has 7 heteroatoms. The number of benzene rings is 1. The average Bonchev–Trinajstić information content (AvgIpc) is 3.01. The molecule has 0 aliphatic carbocycles. The van der Waals surface area contributed by atoms with Crippen molar-refractivity contribution >= 4 is 28.5 Å². The molecule has 0 saturated carbocycles. The molecule has 0 radical (unpaired) electrons. The third kappa shape index (κ3) is 3.22. The smallest absolute Gasteiger partial charge is 0.260 e. The maximum atomic E-state index is 13.2. The average molecular weight is 380 g/mol. The fourth-order valence-corrected chi connectivity index (χ4v) is 3.55. The Morgan fingerprint density at radius 1 is 1.11 bits per heavy atom. The topological polar surface area (TPSA) is 80.5 Å². The highest BCUT2D eigenvalue weighted by Gasteiger charge is 2.27. The van der Waals surface area contributed by atoms with E-state index >= 15 is 0 Å². The number of rotatable bonds is 3. The molecule has 1 N–H and O–H groups in total. The lowest BCUT2D eigenvalue weighted by molar-refractivity contribution is 0.102. The Bertz CT molecular complexity index is 1050. The third-order valence-corrected chi connectivity index (χ3v) is 5.21. The van der Waals surface area contributed by atoms with Gasteiger partial charge in [-0.3, -0.25) is 4.79 Å². The summed E-state index contributed by atoms with van der Waals surface area (Å²) in [5, 5.41) is 3.69. The summed E-state index contributed by atoms with van der Waals surface area (Å²) in [4.78, 5) is 24.4. The van der Waals surface area contributed by atoms with Crippen molar-refractivity contribution in [2.24, 2.45) is 0 Å². The van der Waals surface area contributed by atoms with E-state index in [4.69, 9.17) is 9.15 Å². The van der Waals surface area contributed by atoms with Crippen LogP contribution in [0.15, 0.2) is 22.6 Å². The number of nitrogens with one attached hydrogen (secondary N) is 1. The highest BCUT2D eigenvalue weighted by atomic mass is 16.5. The molecule has 1 fully saturated rings. The van der Waals surface area contributed by atoms with Crippen molar-refractivity contribution in [3.05, 3.63) is 46.5 Å². The number of carbonyl (C=O) groups excluding carboxylic acids is 1. The van der Waals surface area contributed by atoms with Gasteiger partial charge >= 0.3 is 0 Å². The molecule has 1 aliphatic heterocycles. The Hall–Kier alpha value is -2.93. The molecular weight excluding hydrogens is 356 g/mol. The second-order valence-electron chi connectivity index (χ2n) is 7.11. The molecule has 0 unspecified atom stereocenters. The van der Waals surface area contributed by atoms with Gasteiger partial charge in [-0.1, -0.05) is 12.1 Å². The molecule has 0 bridgehead atoms. The van der Waals surface area contributed by atoms with Gasteiger partial charge in [0.1, 0.15) is 17.4 Å². The van der Waals surface area contributed by atoms with E-state index in [0.717, 1.165) is 22.6 Å². The molecule has 28 heavy (non-hydrogen) atoms. The molecular formula is C21H24N4O3. The van der Waals surface area contributed by atoms with Crippen LogP contribution in [0.4, 0.5) is 11.5 Å². The van der Waals surface area contributed by atoms with Crippen molar-refractivity contribution in [2.45, 2.75) is 27.7 Å². The zero-order valence-electron chi connectivity index (χ0n) is 16.6. The summed E-state index contributed by atoms with van der Waals surface area (Å²) in [5.41, 5.74) is 3.89. The highest BCUT2D eigenvalue weighted by Crippen LogP contribution is 2.33. The molecule has 1 saturated heterocycles. The van der Waals surface area contributed by atoms with Crippen LogP contribution in [0.25, 0.3) is 11.1 Å². The van der Waals surface area contributed by atoms with Gasteiger partial charge in [-0.25, -0.2) is 4.98 Å². The minimum Gasteiger partial charge on any atom is -0.442 e. The number of hydrogen-bond acceptors (Lipinski definition) is 6. The monoisotopic (exact) mass is 380 g/mol. The van der Waals surface area contributed by atoms with Gasteiger partial charge in [0.2, 0.25) is 5.71 Å². The SMILES string of the molecule is Cc1nc(N2CCOCC2)c2c(C(=O)Nc3cccc(C)c3C)c(C)oc2n1. The van der Waals surface area contributed by atoms with Gasteiger partial charge in [0, 0.05) is 18.8 Å². The van der Waals surface area contributed by atoms with E-state index in [-0.39, 0.29) is 5.91 Å². The summed E-state index contributed by atoms with van der Waals surface area (Å²) < 4.78 is 11.3. The predicted octanol–water partition coefficient (Wildman–Crippen LogP) is 3.55. The number of ether oxygens (including phenoxy) is 1. The second-order valence-corrected chi connectivity index (χ2v) is 7.11. The Labute approximate surface area is 163 Å². The second kappa shape index (κ2) is 7.24. The summed E-state index contributed by atoms with van der Waals surface area (Å²) in [5.74, 6) is 1.66. The standard InChI is InChI=1S/C21H24N4O3/c1-12-6-5-7-16(13(12)2)24-20(26)17-14(3)28-21-18(17)19(22-15(4)23-21)25-8-10-27-11-9-25/h5-7H,8-11H2,1-4H3,(H,24,26). The van der Waals surface area contributed by atoms with Crippen LogP contribution in [0.3, 0.4) is 0 Å². The summed E-state index contributed by atoms with van der Waals surface area (Å²) in [6, 6.07) is 5.86. The van der Waals surface area contributed by atoms with Crippen molar-refractivity contribution in [3.63, 3.8) is 0 Å². The Kier molecular flexibility index (Phi) is 4.77. The largest absolute Gasteiger partial charge is 0.442 e. The summed E-state index contributed by atoms with van der Waals surface area (Å²) in [6.45, 7) is 10.3. The predicted molar refractivity (Wildman–Crippen MR) is 108 cm³/mol. The van der Waals surface area contributed by atoms with Crippen molar-refractivity contribution < 1.29 is 13.9 Å². The van der Waals surface area contributed by atoms with Crippen molar-refractivity contribution in [3.8, 4) is 0 Å². The van der Waals surface area contributed by atoms with Gasteiger partial charge in [-0.15, -0.1) is 0 Å². The molecule has 1 aliphatic rings. The molecule has 3 heterocycles. The van der Waals surface area contributed by atoms with E-state index in [2.05, 4.69) is 20.2 Å². The van der Waals surface area contributed by atoms with Crippen LogP contribution in [0.1, 0.15) is 33.1 Å². The first-order chi connectivity index (χ1) is 13.5. The summed E-state index contributed by atoms with van der Waals surface area (Å²) in [7, 11) is 0. The lowest BCUT2D eigenvalue weighted by Crippen LogP contribution is -2.37. The lowest BCUT2D eigenvalue weighted by Gasteiger charge is -2.28. The molecule has 7 nitrogen and oxygen atoms in total. The summed E-state index contributed by atoms with van der Waals surface area (Å²) >= 11 is 0. The normalized spacial score (nSPS) is 14.5. The Morgan fingerprint density at radius 2 is 1.86 bits per heavy atom. The first-order valence-corrected chi connectivity index (χ1v) is 9.43. The first-order valence-electron chi connectivity index (χ1n) is 9.43. The molecule has 0 atom stereocenters. The minimum atomic E-state index is -0.216. The van der Waals surface area contributed by atoms with Crippen LogP contribution in [-0.4, -0.2) is 42.2 Å². The van der Waals surface area contributed by atoms with Gasteiger partial charge < -0.3 is 19.4 Å². The van der Waals surface area contributed by atoms with Crippen LogP contribution in [-0.2, 0) is 4.74 Å². The number of aromatic nitrogens is 2. The number of amides is 1. The molecule has 2 aromatic heterocycles. The number of morpholine rings is 1. The molecule has 4 rings (SSSR count). The van der Waals surface area contributed by atoms with Gasteiger partial charge in [0.15, 0.2) is 0 Å². The molecule has 1 aromatic carbocycles. The number of furan rings is 1. The number of carbonyl (C=O) groups is 1. The Morgan fingerprint density at radius 3 is 2.61 bits per heavy atom. The number of nitrogens with zero attached hydrogens (tertiary/aromatic N) is 3. The van der Waals surface area contributed by atoms with Crippen molar-refractivity contribution in [1.29, 1.82) is 0 Å². The van der Waals surface area contributed by atoms with Crippen LogP contribution in [0, 0.1) is 27.7 Å². The van der Waals surface area contributed by atoms with E-state index in [0.29, 0.717) is 54.6 Å². The molecule has 146 valence electrons. The number of hydrogen-bond donors (Lipinski definition) is 1. The first kappa shape index (κ1) is 18.4. The fraction of sp³-hybridized carbons (Fsp3) is 0.381. The third-order valence-electron chi connectivity index (χ3n) is 5.21. The van der Waals surface area contributed by atoms with Gasteiger partial charge in [0.05, 0.1) is 24.2 Å². The molecule has 1 amide bonds. The zero-order chi connectivity index (χ0) is 19.8. The van der Waals surface area contributed by atoms with Crippen molar-refractivity contribution in [2.75, 3.05) is 36.5 Å². The minimum absolute atomic E-state index is 0.216. The summed E-state index contributed by atoms with van der Waals surface area (Å²) in [6.07, 6.45) is 0. The zero-order valence-corrected chi connectivity index (χ0v) is 16.6. The van der Waals surface area contributed by atoms with E-state index < -0.39 is 0 Å². The van der Waals surface area contributed by atoms with Gasteiger partial charge in [-0.05, 0) is 44.9 Å². The van der Waals surface area contributed by atoms with Gasteiger partial charge in [-0.2, -0.15) is 4.98 Å². The van der Waals surface area contributed by atoms with E-state index in [1.54, 1.807) is 6.92 Å². The fourth-order valence-electron chi connectivity index (χ4n) is 3.55. The molecule has 3 aromatic rings. The van der Waals surface area contributed by atoms with Crippen molar-refractivity contribution in [1.82, 2.24) is 9.97 Å². The van der Waals surface area contributed by atoms with Crippen LogP contribution in [0.2, 0.25) is 0 Å². The van der Waals surface area contributed by atoms with E-state index in [1.807, 2.05) is 39.0 Å².